The number of methoxy groups -OCH3 is 1. The predicted molar refractivity (Wildman–Crippen MR) is 63.2 cm³/mol. The lowest BCUT2D eigenvalue weighted by molar-refractivity contribution is 0.416. The summed E-state index contributed by atoms with van der Waals surface area (Å²) in [6.07, 6.45) is 1.64. The van der Waals surface area contributed by atoms with Crippen LogP contribution in [-0.4, -0.2) is 17.1 Å². The van der Waals surface area contributed by atoms with Gasteiger partial charge in [-0.25, -0.2) is 9.97 Å². The summed E-state index contributed by atoms with van der Waals surface area (Å²) in [6, 6.07) is 7.74. The van der Waals surface area contributed by atoms with Crippen LogP contribution in [0.25, 0.3) is 11.3 Å². The number of ether oxygens (including phenoxy) is 1. The van der Waals surface area contributed by atoms with Crippen LogP contribution in [0.3, 0.4) is 0 Å². The molecule has 2 aromatic rings. The molecule has 2 rings (SSSR count). The first kappa shape index (κ1) is 10.4. The summed E-state index contributed by atoms with van der Waals surface area (Å²) in [6.45, 7) is 2.02. The maximum Gasteiger partial charge on any atom is 0.220 e. The van der Waals surface area contributed by atoms with Gasteiger partial charge >= 0.3 is 0 Å². The summed E-state index contributed by atoms with van der Waals surface area (Å²) in [4.78, 5) is 8.05. The molecule has 4 nitrogen and oxygen atoms in total. The molecule has 2 N–H and O–H groups in total. The van der Waals surface area contributed by atoms with Crippen molar-refractivity contribution in [3.63, 3.8) is 0 Å². The van der Waals surface area contributed by atoms with Crippen molar-refractivity contribution in [2.75, 3.05) is 12.8 Å². The highest BCUT2D eigenvalue weighted by atomic mass is 16.5. The number of hydrogen-bond acceptors (Lipinski definition) is 4. The summed E-state index contributed by atoms with van der Waals surface area (Å²) >= 11 is 0. The molecule has 4 heteroatoms. The molecule has 0 aliphatic heterocycles. The molecule has 0 aliphatic carbocycles. The number of nitrogens with zero attached hydrogens (tertiary/aromatic N) is 2. The van der Waals surface area contributed by atoms with E-state index in [1.54, 1.807) is 13.3 Å². The first-order valence-electron chi connectivity index (χ1n) is 4.94. The van der Waals surface area contributed by atoms with E-state index in [9.17, 15) is 0 Å². The zero-order chi connectivity index (χ0) is 11.5. The van der Waals surface area contributed by atoms with Gasteiger partial charge in [0.15, 0.2) is 0 Å². The fourth-order valence-electron chi connectivity index (χ4n) is 1.55. The summed E-state index contributed by atoms with van der Waals surface area (Å²) in [5, 5.41) is 0. The third-order valence-electron chi connectivity index (χ3n) is 2.31. The molecule has 0 saturated heterocycles. The molecular formula is C12H13N3O. The fraction of sp³-hybridized carbons (Fsp3) is 0.167. The van der Waals surface area contributed by atoms with E-state index in [1.165, 1.54) is 0 Å². The summed E-state index contributed by atoms with van der Waals surface area (Å²) < 4.78 is 5.29. The van der Waals surface area contributed by atoms with Crippen LogP contribution in [0.4, 0.5) is 5.95 Å². The largest absolute Gasteiger partial charge is 0.496 e. The van der Waals surface area contributed by atoms with Gasteiger partial charge in [0, 0.05) is 11.8 Å². The van der Waals surface area contributed by atoms with Crippen LogP contribution >= 0.6 is 0 Å². The number of benzene rings is 1. The van der Waals surface area contributed by atoms with E-state index in [1.807, 2.05) is 31.2 Å². The van der Waals surface area contributed by atoms with Gasteiger partial charge in [-0.2, -0.15) is 0 Å². The Morgan fingerprint density at radius 3 is 2.75 bits per heavy atom. The SMILES string of the molecule is COc1ccc(C)cc1-c1ccnc(N)n1. The molecule has 0 unspecified atom stereocenters. The number of aromatic nitrogens is 2. The van der Waals surface area contributed by atoms with Crippen LogP contribution in [0.15, 0.2) is 30.5 Å². The minimum atomic E-state index is 0.265. The smallest absolute Gasteiger partial charge is 0.220 e. The van der Waals surface area contributed by atoms with Gasteiger partial charge in [-0.15, -0.1) is 0 Å². The molecular weight excluding hydrogens is 202 g/mol. The lowest BCUT2D eigenvalue weighted by Crippen LogP contribution is -1.96. The molecule has 0 spiro atoms. The topological polar surface area (TPSA) is 61.0 Å². The Kier molecular flexibility index (Phi) is 2.72. The Balaban J connectivity index is 2.58. The van der Waals surface area contributed by atoms with E-state index in [0.717, 1.165) is 22.6 Å². The molecule has 82 valence electrons. The normalized spacial score (nSPS) is 10.1. The highest BCUT2D eigenvalue weighted by Gasteiger charge is 2.07. The standard InChI is InChI=1S/C12H13N3O/c1-8-3-4-11(16-2)9(7-8)10-5-6-14-12(13)15-10/h3-7H,1-2H3,(H2,13,14,15). The Labute approximate surface area is 94.1 Å². The highest BCUT2D eigenvalue weighted by molar-refractivity contribution is 5.68. The number of nitrogen functional groups attached to an aromatic ring is 1. The Hall–Kier alpha value is -2.10. The molecule has 16 heavy (non-hydrogen) atoms. The summed E-state index contributed by atoms with van der Waals surface area (Å²) in [5.41, 5.74) is 8.41. The van der Waals surface area contributed by atoms with Gasteiger partial charge in [0.05, 0.1) is 12.8 Å². The van der Waals surface area contributed by atoms with Gasteiger partial charge in [-0.1, -0.05) is 11.6 Å². The first-order valence-corrected chi connectivity index (χ1v) is 4.94. The molecule has 0 bridgehead atoms. The molecule has 1 aromatic carbocycles. The molecule has 0 amide bonds. The number of rotatable bonds is 2. The Morgan fingerprint density at radius 1 is 1.25 bits per heavy atom. The van der Waals surface area contributed by atoms with E-state index >= 15 is 0 Å². The van der Waals surface area contributed by atoms with Crippen molar-refractivity contribution >= 4 is 5.95 Å². The van der Waals surface area contributed by atoms with Gasteiger partial charge in [-0.3, -0.25) is 0 Å². The number of nitrogens with two attached hydrogens (primary N) is 1. The number of anilines is 1. The zero-order valence-electron chi connectivity index (χ0n) is 9.27. The van der Waals surface area contributed by atoms with E-state index < -0.39 is 0 Å². The van der Waals surface area contributed by atoms with E-state index in [2.05, 4.69) is 9.97 Å². The van der Waals surface area contributed by atoms with Crippen LogP contribution in [-0.2, 0) is 0 Å². The maximum absolute atomic E-state index is 5.56. The van der Waals surface area contributed by atoms with E-state index in [0.29, 0.717) is 0 Å². The van der Waals surface area contributed by atoms with Crippen LogP contribution in [0, 0.1) is 6.92 Å². The van der Waals surface area contributed by atoms with Gasteiger partial charge < -0.3 is 10.5 Å². The van der Waals surface area contributed by atoms with Crippen molar-refractivity contribution in [3.8, 4) is 17.0 Å². The van der Waals surface area contributed by atoms with E-state index in [-0.39, 0.29) is 5.95 Å². The minimum absolute atomic E-state index is 0.265. The van der Waals surface area contributed by atoms with Crippen LogP contribution in [0.2, 0.25) is 0 Å². The fourth-order valence-corrected chi connectivity index (χ4v) is 1.55. The van der Waals surface area contributed by atoms with Crippen molar-refractivity contribution in [1.82, 2.24) is 9.97 Å². The van der Waals surface area contributed by atoms with Gasteiger partial charge in [0.1, 0.15) is 5.75 Å². The van der Waals surface area contributed by atoms with Crippen molar-refractivity contribution in [3.05, 3.63) is 36.0 Å². The lowest BCUT2D eigenvalue weighted by atomic mass is 10.1. The second kappa shape index (κ2) is 4.18. The van der Waals surface area contributed by atoms with Crippen molar-refractivity contribution in [1.29, 1.82) is 0 Å². The van der Waals surface area contributed by atoms with Gasteiger partial charge in [-0.05, 0) is 25.1 Å². The minimum Gasteiger partial charge on any atom is -0.496 e. The highest BCUT2D eigenvalue weighted by Crippen LogP contribution is 2.29. The van der Waals surface area contributed by atoms with Crippen LogP contribution in [0.1, 0.15) is 5.56 Å². The molecule has 1 heterocycles. The molecule has 0 atom stereocenters. The van der Waals surface area contributed by atoms with Crippen molar-refractivity contribution in [2.45, 2.75) is 6.92 Å². The molecule has 1 aromatic heterocycles. The van der Waals surface area contributed by atoms with Gasteiger partial charge in [0.2, 0.25) is 5.95 Å². The summed E-state index contributed by atoms with van der Waals surface area (Å²) in [7, 11) is 1.64. The first-order chi connectivity index (χ1) is 7.70. The Bertz CT molecular complexity index is 511. The second-order valence-electron chi connectivity index (χ2n) is 3.50. The predicted octanol–water partition coefficient (Wildman–Crippen LogP) is 2.04. The third-order valence-corrected chi connectivity index (χ3v) is 2.31. The van der Waals surface area contributed by atoms with Crippen LogP contribution in [0.5, 0.6) is 5.75 Å². The zero-order valence-corrected chi connectivity index (χ0v) is 9.27. The molecule has 0 aliphatic rings. The average molecular weight is 215 g/mol. The second-order valence-corrected chi connectivity index (χ2v) is 3.50. The molecule has 0 fully saturated rings. The maximum atomic E-state index is 5.56. The average Bonchev–Trinajstić information content (AvgIpc) is 2.29. The quantitative estimate of drug-likeness (QED) is 0.832. The van der Waals surface area contributed by atoms with Crippen molar-refractivity contribution in [2.24, 2.45) is 0 Å². The number of aryl methyl sites for hydroxylation is 1. The third kappa shape index (κ3) is 1.95. The van der Waals surface area contributed by atoms with Gasteiger partial charge in [0.25, 0.3) is 0 Å². The van der Waals surface area contributed by atoms with Crippen LogP contribution < -0.4 is 10.5 Å². The summed E-state index contributed by atoms with van der Waals surface area (Å²) in [5.74, 6) is 1.05. The van der Waals surface area contributed by atoms with E-state index in [4.69, 9.17) is 10.5 Å². The monoisotopic (exact) mass is 215 g/mol. The molecule has 0 saturated carbocycles. The van der Waals surface area contributed by atoms with Crippen molar-refractivity contribution < 1.29 is 4.74 Å². The Morgan fingerprint density at radius 2 is 2.06 bits per heavy atom. The molecule has 0 radical (unpaired) electrons. The lowest BCUT2D eigenvalue weighted by Gasteiger charge is -2.08. The number of hydrogen-bond donors (Lipinski definition) is 1.